The number of benzene rings is 1. The highest BCUT2D eigenvalue weighted by molar-refractivity contribution is 7.52. The van der Waals surface area contributed by atoms with Gasteiger partial charge in [0, 0.05) is 49.1 Å². The number of Topliss-reactive ketones (excluding diaryl/α,β-unsaturated/α-hetero) is 2. The van der Waals surface area contributed by atoms with Crippen LogP contribution < -0.4 is 10.9 Å². The fourth-order valence-corrected chi connectivity index (χ4v) is 2.73. The molecule has 0 saturated heterocycles. The topological polar surface area (TPSA) is 34.1 Å². The van der Waals surface area contributed by atoms with Crippen molar-refractivity contribution in [3.05, 3.63) is 22.3 Å². The normalized spacial score (nSPS) is 10.1. The maximum absolute atomic E-state index is 12.1. The lowest BCUT2D eigenvalue weighted by Gasteiger charge is -2.27. The minimum absolute atomic E-state index is 0.205. The Balaban J connectivity index is 4.03. The van der Waals surface area contributed by atoms with Crippen LogP contribution in [0.3, 0.4) is 0 Å². The van der Waals surface area contributed by atoms with Gasteiger partial charge in [-0.2, -0.15) is 0 Å². The number of carbonyl (C=O) groups excluding carboxylic acids is 2. The number of rotatable bonds is 5. The molecule has 0 fully saturated rings. The molecule has 93 valence electrons. The zero-order valence-corrected chi connectivity index (χ0v) is 12.9. The van der Waals surface area contributed by atoms with Gasteiger partial charge in [0.25, 0.3) is 0 Å². The predicted octanol–water partition coefficient (Wildman–Crippen LogP) is -1.61. The Bertz CT molecular complexity index is 598. The van der Waals surface area contributed by atoms with Gasteiger partial charge < -0.3 is 0 Å². The van der Waals surface area contributed by atoms with Crippen molar-refractivity contribution in [3.8, 4) is 0 Å². The van der Waals surface area contributed by atoms with E-state index < -0.39 is 13.0 Å². The average Bonchev–Trinajstić information content (AvgIpc) is 2.38. The van der Waals surface area contributed by atoms with Crippen LogP contribution in [0, 0.1) is 13.8 Å². The lowest BCUT2D eigenvalue weighted by molar-refractivity contribution is 0.0981. The van der Waals surface area contributed by atoms with Gasteiger partial charge >= 0.3 is 0 Å². The first-order chi connectivity index (χ1) is 9.64. The average molecular weight is 264 g/mol. The second-order valence-corrected chi connectivity index (χ2v) is 5.18. The Morgan fingerprint density at radius 3 is 1.71 bits per heavy atom. The van der Waals surface area contributed by atoms with E-state index in [1.807, 2.05) is 0 Å². The molecule has 0 aliphatic rings. The number of ketones is 2. The van der Waals surface area contributed by atoms with Crippen LogP contribution in [0.25, 0.3) is 0 Å². The van der Waals surface area contributed by atoms with Crippen molar-refractivity contribution in [2.24, 2.45) is 0 Å². The van der Waals surface area contributed by atoms with E-state index >= 15 is 0 Å². The second kappa shape index (κ2) is 6.85. The molecule has 9 heteroatoms. The van der Waals surface area contributed by atoms with Gasteiger partial charge in [0.2, 0.25) is 0 Å². The minimum Gasteiger partial charge on any atom is -0.295 e. The standard InChI is InChI=1S/C12H12B7O2/c1-5-6(2)11(18(14)15)12(19(16)17-13)10(8(4)21)9(5)7(3)20/h1-4H3. The van der Waals surface area contributed by atoms with Crippen molar-refractivity contribution in [2.45, 2.75) is 27.7 Å². The van der Waals surface area contributed by atoms with Crippen LogP contribution in [-0.2, 0) is 0 Å². The first-order valence-electron chi connectivity index (χ1n) is 6.65. The van der Waals surface area contributed by atoms with Crippen molar-refractivity contribution in [1.82, 2.24) is 0 Å². The Hall–Kier alpha value is -0.985. The third kappa shape index (κ3) is 3.27. The summed E-state index contributed by atoms with van der Waals surface area (Å²) >= 11 is 0. The Morgan fingerprint density at radius 1 is 0.905 bits per heavy atom. The molecular weight excluding hydrogens is 252 g/mol. The molecule has 0 bridgehead atoms. The van der Waals surface area contributed by atoms with Crippen LogP contribution in [0.15, 0.2) is 0 Å². The van der Waals surface area contributed by atoms with Crippen molar-refractivity contribution in [2.75, 3.05) is 0 Å². The third-order valence-electron chi connectivity index (χ3n) is 3.73. The molecular formula is C12H12B7O2. The predicted molar refractivity (Wildman–Crippen MR) is 95.5 cm³/mol. The van der Waals surface area contributed by atoms with E-state index in [1.165, 1.54) is 20.9 Å². The summed E-state index contributed by atoms with van der Waals surface area (Å²) in [6.45, 7) is 4.83. The second-order valence-electron chi connectivity index (χ2n) is 5.18. The molecule has 21 heavy (non-hydrogen) atoms. The Kier molecular flexibility index (Phi) is 5.89. The van der Waals surface area contributed by atoms with Crippen LogP contribution in [0.5, 0.6) is 0 Å². The zero-order valence-electron chi connectivity index (χ0n) is 12.9. The molecule has 0 spiro atoms. The SMILES string of the molecule is [B][B]B([B])c1c(B([B])[B])c(C)c(C)c(C(C)=O)c1C(C)=O. The van der Waals surface area contributed by atoms with Crippen LogP contribution in [0.4, 0.5) is 0 Å². The van der Waals surface area contributed by atoms with Gasteiger partial charge in [-0.05, 0) is 33.3 Å². The molecule has 9 radical (unpaired) electrons. The summed E-state index contributed by atoms with van der Waals surface area (Å²) in [5.41, 5.74) is 3.07. The van der Waals surface area contributed by atoms with E-state index in [-0.39, 0.29) is 17.1 Å². The molecule has 1 aromatic carbocycles. The van der Waals surface area contributed by atoms with E-state index in [0.29, 0.717) is 22.1 Å². The van der Waals surface area contributed by atoms with Gasteiger partial charge in [-0.25, -0.2) is 0 Å². The molecule has 1 aromatic rings. The third-order valence-corrected chi connectivity index (χ3v) is 3.73. The summed E-state index contributed by atoms with van der Waals surface area (Å²) in [5.74, 6) is -0.471. The highest BCUT2D eigenvalue weighted by atomic mass is 16.1. The quantitative estimate of drug-likeness (QED) is 0.474. The largest absolute Gasteiger partial charge is 0.295 e. The van der Waals surface area contributed by atoms with E-state index in [2.05, 4.69) is 0 Å². The number of carbonyl (C=O) groups is 2. The molecule has 0 aromatic heterocycles. The molecule has 0 N–H and O–H groups in total. The van der Waals surface area contributed by atoms with Gasteiger partial charge in [0.1, 0.15) is 0 Å². The van der Waals surface area contributed by atoms with Gasteiger partial charge in [0.05, 0.1) is 13.0 Å². The molecule has 0 aliphatic heterocycles. The minimum atomic E-state index is -0.816. The fraction of sp³-hybridized carbons (Fsp3) is 0.333. The molecule has 0 aliphatic carbocycles. The van der Waals surface area contributed by atoms with Gasteiger partial charge in [-0.1, -0.05) is 11.0 Å². The van der Waals surface area contributed by atoms with Gasteiger partial charge in [-0.15, -0.1) is 5.46 Å². The highest BCUT2D eigenvalue weighted by Crippen LogP contribution is 2.18. The van der Waals surface area contributed by atoms with E-state index in [0.717, 1.165) is 5.56 Å². The summed E-state index contributed by atoms with van der Waals surface area (Å²) < 4.78 is 0. The number of hydrogen-bond acceptors (Lipinski definition) is 2. The summed E-state index contributed by atoms with van der Waals surface area (Å²) in [6.07, 6.45) is 0. The molecule has 1 rings (SSSR count). The Labute approximate surface area is 133 Å². The van der Waals surface area contributed by atoms with Crippen LogP contribution >= 0.6 is 0 Å². The molecule has 0 amide bonds. The van der Waals surface area contributed by atoms with E-state index in [1.54, 1.807) is 13.8 Å². The number of hydrogen-bond donors (Lipinski definition) is 0. The summed E-state index contributed by atoms with van der Waals surface area (Å²) in [5, 5.41) is 0. The summed E-state index contributed by atoms with van der Waals surface area (Å²) in [4.78, 5) is 24.1. The molecule has 0 unspecified atom stereocenters. The van der Waals surface area contributed by atoms with Crippen molar-refractivity contribution >= 4 is 73.5 Å². The van der Waals surface area contributed by atoms with E-state index in [9.17, 15) is 9.59 Å². The van der Waals surface area contributed by atoms with Crippen LogP contribution in [0.2, 0.25) is 0 Å². The summed E-state index contributed by atoms with van der Waals surface area (Å²) in [6, 6.07) is 0. The first kappa shape index (κ1) is 18.1. The monoisotopic (exact) mass is 265 g/mol. The maximum atomic E-state index is 12.1. The van der Waals surface area contributed by atoms with E-state index in [4.69, 9.17) is 30.9 Å². The highest BCUT2D eigenvalue weighted by Gasteiger charge is 2.27. The van der Waals surface area contributed by atoms with Crippen LogP contribution in [-0.4, -0.2) is 62.6 Å². The molecule has 2 nitrogen and oxygen atoms in total. The van der Waals surface area contributed by atoms with Crippen molar-refractivity contribution < 1.29 is 9.59 Å². The van der Waals surface area contributed by atoms with Gasteiger partial charge in [-0.3, -0.25) is 9.59 Å². The van der Waals surface area contributed by atoms with Crippen molar-refractivity contribution in [3.63, 3.8) is 0 Å². The van der Waals surface area contributed by atoms with Crippen LogP contribution in [0.1, 0.15) is 45.7 Å². The Morgan fingerprint density at radius 2 is 1.38 bits per heavy atom. The molecule has 0 heterocycles. The summed E-state index contributed by atoms with van der Waals surface area (Å²) in [7, 11) is 24.5. The lowest BCUT2D eigenvalue weighted by atomic mass is 9.01. The smallest absolute Gasteiger partial charge is 0.160 e. The lowest BCUT2D eigenvalue weighted by Crippen LogP contribution is -2.57. The van der Waals surface area contributed by atoms with Gasteiger partial charge in [0.15, 0.2) is 11.6 Å². The van der Waals surface area contributed by atoms with Crippen molar-refractivity contribution in [1.29, 1.82) is 0 Å². The molecule has 0 saturated carbocycles. The molecule has 0 atom stereocenters. The first-order valence-corrected chi connectivity index (χ1v) is 6.65. The zero-order chi connectivity index (χ0) is 16.5. The fourth-order valence-electron chi connectivity index (χ4n) is 2.73. The maximum Gasteiger partial charge on any atom is 0.160 e.